The molecule has 0 spiro atoms. The Labute approximate surface area is 204 Å². The van der Waals surface area contributed by atoms with Gasteiger partial charge < -0.3 is 19.9 Å². The summed E-state index contributed by atoms with van der Waals surface area (Å²) in [6.07, 6.45) is 4.52. The minimum atomic E-state index is -0.228. The zero-order valence-corrected chi connectivity index (χ0v) is 19.8. The monoisotopic (exact) mass is 492 g/mol. The summed E-state index contributed by atoms with van der Waals surface area (Å²) in [5, 5.41) is 11.4. The van der Waals surface area contributed by atoms with Crippen LogP contribution in [0.1, 0.15) is 52.4 Å². The fraction of sp³-hybridized carbons (Fsp3) is 0.320. The van der Waals surface area contributed by atoms with E-state index in [9.17, 15) is 4.79 Å². The van der Waals surface area contributed by atoms with Gasteiger partial charge in [-0.05, 0) is 30.7 Å². The highest BCUT2D eigenvalue weighted by atomic mass is 35.5. The van der Waals surface area contributed by atoms with E-state index >= 15 is 0 Å². The lowest BCUT2D eigenvalue weighted by Gasteiger charge is -2.15. The molecule has 0 aliphatic carbocycles. The van der Waals surface area contributed by atoms with Crippen LogP contribution in [0.25, 0.3) is 21.3 Å². The molecule has 4 aromatic rings. The summed E-state index contributed by atoms with van der Waals surface area (Å²) >= 11 is 8.26. The molecule has 1 amide bonds. The standard InChI is InChI=1S/C25H21ClN4O3S/c26-13-7-12-8-20(24-16-11-27-5-4-17(16)30-33-24)32-23(12)15(9-13)14-3-6-28-19-10-21(34-25(14)19)18-1-2-22(31)29-18/h3,6-7,9-10,18,20,27H,1-2,4-5,8,11H2,(H,29,31)/t18?,20-/m1/s1. The summed E-state index contributed by atoms with van der Waals surface area (Å²) in [6.45, 7) is 1.66. The largest absolute Gasteiger partial charge is 0.481 e. The molecule has 2 N–H and O–H groups in total. The number of nitrogens with zero attached hydrogens (tertiary/aromatic N) is 2. The lowest BCUT2D eigenvalue weighted by Crippen LogP contribution is -2.24. The number of thiophene rings is 1. The minimum Gasteiger partial charge on any atom is -0.481 e. The van der Waals surface area contributed by atoms with Crippen LogP contribution in [0.5, 0.6) is 5.75 Å². The molecule has 1 saturated heterocycles. The van der Waals surface area contributed by atoms with Crippen molar-refractivity contribution in [3.63, 3.8) is 0 Å². The molecule has 3 aromatic heterocycles. The van der Waals surface area contributed by atoms with E-state index in [1.54, 1.807) is 11.3 Å². The molecule has 1 fully saturated rings. The Kier molecular flexibility index (Phi) is 4.69. The summed E-state index contributed by atoms with van der Waals surface area (Å²) < 4.78 is 13.4. The molecule has 9 heteroatoms. The first-order valence-electron chi connectivity index (χ1n) is 11.5. The summed E-state index contributed by atoms with van der Waals surface area (Å²) in [5.41, 5.74) is 6.10. The third kappa shape index (κ3) is 3.24. The maximum absolute atomic E-state index is 11.7. The Morgan fingerprint density at radius 3 is 3.00 bits per heavy atom. The van der Waals surface area contributed by atoms with Crippen molar-refractivity contribution in [1.82, 2.24) is 20.8 Å². The van der Waals surface area contributed by atoms with Gasteiger partial charge in [0.1, 0.15) is 5.75 Å². The normalized spacial score (nSPS) is 21.4. The zero-order valence-electron chi connectivity index (χ0n) is 18.2. The van der Waals surface area contributed by atoms with Gasteiger partial charge >= 0.3 is 0 Å². The first kappa shape index (κ1) is 20.4. The fourth-order valence-electron chi connectivity index (χ4n) is 5.25. The van der Waals surface area contributed by atoms with E-state index in [4.69, 9.17) is 20.9 Å². The second-order valence-corrected chi connectivity index (χ2v) is 10.6. The number of pyridine rings is 1. The summed E-state index contributed by atoms with van der Waals surface area (Å²) in [7, 11) is 0. The van der Waals surface area contributed by atoms with Gasteiger partial charge in [0.05, 0.1) is 22.0 Å². The molecule has 3 aliphatic rings. The van der Waals surface area contributed by atoms with Crippen molar-refractivity contribution in [3.05, 3.63) is 62.9 Å². The van der Waals surface area contributed by atoms with Crippen LogP contribution in [0.2, 0.25) is 5.02 Å². The SMILES string of the molecule is O=C1CCC(c2cc3nccc(-c4cc(Cl)cc5c4O[C@@H](c4onc6c4CNCC6)C5)c3s2)N1. The number of hydrogen-bond acceptors (Lipinski definition) is 7. The Balaban J connectivity index is 1.30. The fourth-order valence-corrected chi connectivity index (χ4v) is 6.72. The summed E-state index contributed by atoms with van der Waals surface area (Å²) in [6, 6.07) is 8.09. The van der Waals surface area contributed by atoms with Crippen molar-refractivity contribution < 1.29 is 14.1 Å². The van der Waals surface area contributed by atoms with Gasteiger partial charge in [0.25, 0.3) is 0 Å². The van der Waals surface area contributed by atoms with Gasteiger partial charge in [0, 0.05) is 70.7 Å². The zero-order chi connectivity index (χ0) is 22.8. The number of carbonyl (C=O) groups is 1. The summed E-state index contributed by atoms with van der Waals surface area (Å²) in [5.74, 6) is 1.74. The lowest BCUT2D eigenvalue weighted by molar-refractivity contribution is -0.119. The van der Waals surface area contributed by atoms with E-state index in [-0.39, 0.29) is 18.1 Å². The molecule has 0 radical (unpaired) electrons. The highest BCUT2D eigenvalue weighted by Gasteiger charge is 2.34. The van der Waals surface area contributed by atoms with E-state index in [0.29, 0.717) is 17.9 Å². The molecule has 1 aromatic carbocycles. The van der Waals surface area contributed by atoms with E-state index in [1.165, 1.54) is 0 Å². The highest BCUT2D eigenvalue weighted by molar-refractivity contribution is 7.19. The van der Waals surface area contributed by atoms with Crippen molar-refractivity contribution in [2.24, 2.45) is 0 Å². The smallest absolute Gasteiger partial charge is 0.220 e. The van der Waals surface area contributed by atoms with Gasteiger partial charge in [0.2, 0.25) is 5.91 Å². The van der Waals surface area contributed by atoms with Crippen molar-refractivity contribution in [3.8, 4) is 16.9 Å². The second-order valence-electron chi connectivity index (χ2n) is 9.03. The molecule has 2 atom stereocenters. The third-order valence-corrected chi connectivity index (χ3v) is 8.38. The molecule has 7 rings (SSSR count). The number of rotatable bonds is 3. The van der Waals surface area contributed by atoms with Crippen LogP contribution in [-0.4, -0.2) is 22.6 Å². The van der Waals surface area contributed by atoms with Gasteiger partial charge in [-0.3, -0.25) is 9.78 Å². The molecule has 0 saturated carbocycles. The van der Waals surface area contributed by atoms with Gasteiger partial charge in [0.15, 0.2) is 11.9 Å². The van der Waals surface area contributed by atoms with Gasteiger partial charge in [-0.2, -0.15) is 0 Å². The van der Waals surface area contributed by atoms with Crippen LogP contribution < -0.4 is 15.4 Å². The molecular formula is C25H21ClN4O3S. The number of hydrogen-bond donors (Lipinski definition) is 2. The van der Waals surface area contributed by atoms with E-state index in [2.05, 4.69) is 26.8 Å². The molecule has 34 heavy (non-hydrogen) atoms. The molecule has 7 nitrogen and oxygen atoms in total. The van der Waals surface area contributed by atoms with Crippen LogP contribution in [0.4, 0.5) is 0 Å². The van der Waals surface area contributed by atoms with Crippen molar-refractivity contribution in [2.45, 2.75) is 44.4 Å². The predicted molar refractivity (Wildman–Crippen MR) is 129 cm³/mol. The average molecular weight is 493 g/mol. The molecule has 3 aliphatic heterocycles. The molecular weight excluding hydrogens is 472 g/mol. The molecule has 0 bridgehead atoms. The second kappa shape index (κ2) is 7.80. The molecule has 1 unspecified atom stereocenters. The van der Waals surface area contributed by atoms with Gasteiger partial charge in [-0.15, -0.1) is 11.3 Å². The van der Waals surface area contributed by atoms with Crippen LogP contribution in [0, 0.1) is 0 Å². The van der Waals surface area contributed by atoms with Crippen molar-refractivity contribution >= 4 is 39.1 Å². The Morgan fingerprint density at radius 2 is 2.12 bits per heavy atom. The van der Waals surface area contributed by atoms with Crippen LogP contribution in [0.15, 0.2) is 35.0 Å². The average Bonchev–Trinajstić information content (AvgIpc) is 3.61. The Bertz CT molecular complexity index is 1460. The van der Waals surface area contributed by atoms with Crippen LogP contribution in [-0.2, 0) is 24.2 Å². The van der Waals surface area contributed by atoms with Crippen molar-refractivity contribution in [1.29, 1.82) is 0 Å². The first-order valence-corrected chi connectivity index (χ1v) is 12.7. The quantitative estimate of drug-likeness (QED) is 0.424. The van der Waals surface area contributed by atoms with E-state index in [1.807, 2.05) is 24.4 Å². The van der Waals surface area contributed by atoms with Gasteiger partial charge in [-0.25, -0.2) is 0 Å². The number of nitrogens with one attached hydrogen (secondary N) is 2. The van der Waals surface area contributed by atoms with Crippen molar-refractivity contribution in [2.75, 3.05) is 6.54 Å². The predicted octanol–water partition coefficient (Wildman–Crippen LogP) is 4.88. The maximum Gasteiger partial charge on any atom is 0.220 e. The number of carbonyl (C=O) groups excluding carboxylic acids is 1. The minimum absolute atomic E-state index is 0.0523. The van der Waals surface area contributed by atoms with E-state index < -0.39 is 0 Å². The third-order valence-electron chi connectivity index (χ3n) is 6.89. The number of fused-ring (bicyclic) bond motifs is 3. The van der Waals surface area contributed by atoms with E-state index in [0.717, 1.165) is 80.5 Å². The number of halogens is 1. The highest BCUT2D eigenvalue weighted by Crippen LogP contribution is 2.48. The number of aromatic nitrogens is 2. The number of amides is 1. The molecule has 172 valence electrons. The van der Waals surface area contributed by atoms with Crippen LogP contribution in [0.3, 0.4) is 0 Å². The Hall–Kier alpha value is -2.94. The number of benzene rings is 1. The van der Waals surface area contributed by atoms with Crippen LogP contribution >= 0.6 is 22.9 Å². The number of ether oxygens (including phenoxy) is 1. The molecule has 6 heterocycles. The Morgan fingerprint density at radius 1 is 1.18 bits per heavy atom. The maximum atomic E-state index is 11.7. The summed E-state index contributed by atoms with van der Waals surface area (Å²) in [4.78, 5) is 17.5. The topological polar surface area (TPSA) is 89.3 Å². The van der Waals surface area contributed by atoms with Gasteiger partial charge in [-0.1, -0.05) is 16.8 Å². The lowest BCUT2D eigenvalue weighted by atomic mass is 9.99. The first-order chi connectivity index (χ1) is 16.6.